The second-order valence-corrected chi connectivity index (χ2v) is 9.54. The van der Waals surface area contributed by atoms with Crippen LogP contribution in [0.4, 0.5) is 18.9 Å². The number of anilines is 1. The van der Waals surface area contributed by atoms with Crippen molar-refractivity contribution in [2.45, 2.75) is 25.4 Å². The molecule has 37 heavy (non-hydrogen) atoms. The third kappa shape index (κ3) is 9.64. The number of nitrogens with two attached hydrogens (primary N) is 1. The zero-order valence-electron chi connectivity index (χ0n) is 19.1. The average Bonchev–Trinajstić information content (AvgIpc) is 2.77. The van der Waals surface area contributed by atoms with Crippen LogP contribution in [0.5, 0.6) is 0 Å². The number of aromatic nitrogens is 1. The third-order valence-electron chi connectivity index (χ3n) is 4.38. The van der Waals surface area contributed by atoms with Crippen LogP contribution >= 0.6 is 11.6 Å². The van der Waals surface area contributed by atoms with Gasteiger partial charge in [-0.2, -0.15) is 13.2 Å². The zero-order chi connectivity index (χ0) is 27.8. The van der Waals surface area contributed by atoms with E-state index < -0.39 is 51.8 Å². The number of nitrogens with one attached hydrogen (secondary N) is 3. The molecule has 12 nitrogen and oxygen atoms in total. The normalized spacial score (nSPS) is 12.1. The summed E-state index contributed by atoms with van der Waals surface area (Å²) in [4.78, 5) is 40.3. The molecular formula is C20H22ClF3N6O6S. The van der Waals surface area contributed by atoms with Crippen molar-refractivity contribution in [3.05, 3.63) is 63.0 Å². The quantitative estimate of drug-likeness (QED) is 0.142. The van der Waals surface area contributed by atoms with Crippen LogP contribution < -0.4 is 26.6 Å². The van der Waals surface area contributed by atoms with Gasteiger partial charge in [0.05, 0.1) is 12.3 Å². The van der Waals surface area contributed by atoms with Crippen LogP contribution in [0, 0.1) is 6.92 Å². The van der Waals surface area contributed by atoms with Crippen molar-refractivity contribution in [1.29, 1.82) is 0 Å². The smallest absolute Gasteiger partial charge is 0.391 e. The second-order valence-electron chi connectivity index (χ2n) is 7.38. The number of benzene rings is 1. The number of carbonyl (C=O) groups excluding carboxylic acids is 2. The number of amides is 2. The standard InChI is InChI=1S/C20H22ClF3N6O6S/c1-12-5-6-15(29-37(34,35)11-13-3-2-4-14(21)9-13)17(32)30(12)10-16(31)26-7-8-36-28-19(25)27-18(33)20(22,23)24/h2-6,9,29H,7-8,10-11H2,1H3,(H,26,31)(H3,25,27,28,33). The molecule has 2 amide bonds. The summed E-state index contributed by atoms with van der Waals surface area (Å²) < 4.78 is 64.6. The van der Waals surface area contributed by atoms with E-state index in [0.717, 1.165) is 4.57 Å². The van der Waals surface area contributed by atoms with Crippen LogP contribution in [0.2, 0.25) is 5.02 Å². The van der Waals surface area contributed by atoms with Gasteiger partial charge in [0.25, 0.3) is 5.56 Å². The SMILES string of the molecule is Cc1ccc(NS(=O)(=O)Cc2cccc(Cl)c2)c(=O)n1CC(=O)NCCO/N=C(\N)NC(=O)C(F)(F)F. The van der Waals surface area contributed by atoms with E-state index >= 15 is 0 Å². The van der Waals surface area contributed by atoms with Crippen LogP contribution in [0.1, 0.15) is 11.3 Å². The highest BCUT2D eigenvalue weighted by molar-refractivity contribution is 7.91. The van der Waals surface area contributed by atoms with Crippen molar-refractivity contribution in [2.24, 2.45) is 10.9 Å². The maximum atomic E-state index is 12.8. The molecule has 0 radical (unpaired) electrons. The lowest BCUT2D eigenvalue weighted by Crippen LogP contribution is -2.44. The predicted molar refractivity (Wildman–Crippen MR) is 128 cm³/mol. The fourth-order valence-electron chi connectivity index (χ4n) is 2.76. The number of oxime groups is 1. The molecule has 0 aliphatic rings. The van der Waals surface area contributed by atoms with Crippen LogP contribution in [0.25, 0.3) is 0 Å². The first kappa shape index (κ1) is 29.4. The number of rotatable bonds is 10. The Bertz CT molecular complexity index is 1350. The van der Waals surface area contributed by atoms with Gasteiger partial charge in [0.1, 0.15) is 18.8 Å². The van der Waals surface area contributed by atoms with E-state index in [1.807, 2.05) is 0 Å². The Morgan fingerprint density at radius 1 is 1.22 bits per heavy atom. The van der Waals surface area contributed by atoms with Gasteiger partial charge in [-0.3, -0.25) is 24.4 Å². The number of hydrogen-bond acceptors (Lipinski definition) is 7. The van der Waals surface area contributed by atoms with E-state index in [-0.39, 0.29) is 18.8 Å². The number of carbonyl (C=O) groups is 2. The number of nitrogens with zero attached hydrogens (tertiary/aromatic N) is 2. The summed E-state index contributed by atoms with van der Waals surface area (Å²) in [6, 6.07) is 8.92. The summed E-state index contributed by atoms with van der Waals surface area (Å²) in [5.74, 6) is -4.37. The largest absolute Gasteiger partial charge is 0.471 e. The van der Waals surface area contributed by atoms with Gasteiger partial charge in [-0.1, -0.05) is 23.7 Å². The van der Waals surface area contributed by atoms with E-state index in [1.165, 1.54) is 30.4 Å². The summed E-state index contributed by atoms with van der Waals surface area (Å²) in [6.45, 7) is 0.560. The van der Waals surface area contributed by atoms with Gasteiger partial charge in [0, 0.05) is 10.7 Å². The van der Waals surface area contributed by atoms with Gasteiger partial charge >= 0.3 is 12.1 Å². The first-order valence-corrected chi connectivity index (χ1v) is 12.3. The molecule has 0 saturated heterocycles. The summed E-state index contributed by atoms with van der Waals surface area (Å²) in [5, 5.41) is 7.04. The summed E-state index contributed by atoms with van der Waals surface area (Å²) >= 11 is 5.87. The monoisotopic (exact) mass is 566 g/mol. The molecule has 1 aromatic heterocycles. The maximum Gasteiger partial charge on any atom is 0.471 e. The summed E-state index contributed by atoms with van der Waals surface area (Å²) in [7, 11) is -3.98. The molecule has 0 aliphatic heterocycles. The number of hydrogen-bond donors (Lipinski definition) is 4. The van der Waals surface area contributed by atoms with Crippen molar-refractivity contribution < 1.29 is 36.0 Å². The van der Waals surface area contributed by atoms with Gasteiger partial charge in [-0.15, -0.1) is 0 Å². The molecule has 0 fully saturated rings. The fraction of sp³-hybridized carbons (Fsp3) is 0.300. The first-order chi connectivity index (χ1) is 17.2. The Labute approximate surface area is 213 Å². The molecule has 0 saturated carbocycles. The molecule has 2 rings (SSSR count). The molecule has 5 N–H and O–H groups in total. The van der Waals surface area contributed by atoms with Gasteiger partial charge in [-0.05, 0) is 41.9 Å². The Morgan fingerprint density at radius 3 is 2.57 bits per heavy atom. The van der Waals surface area contributed by atoms with Gasteiger partial charge in [0.15, 0.2) is 0 Å². The zero-order valence-corrected chi connectivity index (χ0v) is 20.7. The number of guanidine groups is 1. The molecule has 202 valence electrons. The molecule has 0 unspecified atom stereocenters. The minimum atomic E-state index is -5.16. The number of halogens is 4. The molecule has 0 bridgehead atoms. The first-order valence-electron chi connectivity index (χ1n) is 10.2. The van der Waals surface area contributed by atoms with Crippen molar-refractivity contribution in [3.8, 4) is 0 Å². The van der Waals surface area contributed by atoms with E-state index in [0.29, 0.717) is 16.3 Å². The molecule has 0 atom stereocenters. The van der Waals surface area contributed by atoms with Gasteiger partial charge in [-0.25, -0.2) is 8.42 Å². The molecule has 2 aromatic rings. The third-order valence-corrected chi connectivity index (χ3v) is 5.86. The lowest BCUT2D eigenvalue weighted by molar-refractivity contribution is -0.171. The lowest BCUT2D eigenvalue weighted by Gasteiger charge is -2.13. The molecule has 17 heteroatoms. The second kappa shape index (κ2) is 12.4. The van der Waals surface area contributed by atoms with Crippen molar-refractivity contribution in [2.75, 3.05) is 17.9 Å². The Kier molecular flexibility index (Phi) is 9.90. The molecule has 0 spiro atoms. The Morgan fingerprint density at radius 2 is 1.92 bits per heavy atom. The van der Waals surface area contributed by atoms with Crippen molar-refractivity contribution >= 4 is 45.1 Å². The number of sulfonamides is 1. The molecule has 1 aromatic carbocycles. The highest BCUT2D eigenvalue weighted by atomic mass is 35.5. The Balaban J connectivity index is 1.93. The number of alkyl halides is 3. The molecular weight excluding hydrogens is 545 g/mol. The summed E-state index contributed by atoms with van der Waals surface area (Å²) in [5.41, 5.74) is 4.81. The van der Waals surface area contributed by atoms with Crippen molar-refractivity contribution in [3.63, 3.8) is 0 Å². The Hall–Kier alpha value is -3.79. The number of aryl methyl sites for hydroxylation is 1. The van der Waals surface area contributed by atoms with Crippen molar-refractivity contribution in [1.82, 2.24) is 15.2 Å². The lowest BCUT2D eigenvalue weighted by atomic mass is 10.2. The fourth-order valence-corrected chi connectivity index (χ4v) is 4.15. The van der Waals surface area contributed by atoms with Gasteiger partial charge < -0.3 is 20.5 Å². The van der Waals surface area contributed by atoms with E-state index in [2.05, 4.69) is 20.0 Å². The van der Waals surface area contributed by atoms with Crippen LogP contribution in [0.3, 0.4) is 0 Å². The highest BCUT2D eigenvalue weighted by Crippen LogP contribution is 2.15. The number of pyridine rings is 1. The van der Waals surface area contributed by atoms with Crippen LogP contribution in [-0.4, -0.2) is 50.1 Å². The van der Waals surface area contributed by atoms with Crippen LogP contribution in [-0.2, 0) is 36.7 Å². The van der Waals surface area contributed by atoms with Crippen LogP contribution in [0.15, 0.2) is 46.3 Å². The highest BCUT2D eigenvalue weighted by Gasteiger charge is 2.39. The topological polar surface area (TPSA) is 174 Å². The predicted octanol–water partition coefficient (Wildman–Crippen LogP) is 0.793. The minimum absolute atomic E-state index is 0.178. The van der Waals surface area contributed by atoms with Gasteiger partial charge in [0.2, 0.25) is 21.9 Å². The summed E-state index contributed by atoms with van der Waals surface area (Å²) in [6.07, 6.45) is -5.16. The molecule has 1 heterocycles. The average molecular weight is 567 g/mol. The van der Waals surface area contributed by atoms with E-state index in [4.69, 9.17) is 17.3 Å². The molecule has 0 aliphatic carbocycles. The van der Waals surface area contributed by atoms with E-state index in [1.54, 1.807) is 18.2 Å². The van der Waals surface area contributed by atoms with E-state index in [9.17, 15) is 36.0 Å². The maximum absolute atomic E-state index is 12.8. The minimum Gasteiger partial charge on any atom is -0.391 e.